The van der Waals surface area contributed by atoms with Gasteiger partial charge in [-0.25, -0.2) is 0 Å². The van der Waals surface area contributed by atoms with Crippen molar-refractivity contribution in [3.05, 3.63) is 35.7 Å². The number of nitrogens with zero attached hydrogens (tertiary/aromatic N) is 4. The van der Waals surface area contributed by atoms with Gasteiger partial charge in [0.1, 0.15) is 5.82 Å². The zero-order valence-electron chi connectivity index (χ0n) is 14.2. The number of aromatic nitrogens is 3. The summed E-state index contributed by atoms with van der Waals surface area (Å²) < 4.78 is 5.57. The van der Waals surface area contributed by atoms with Crippen molar-refractivity contribution in [2.45, 2.75) is 32.9 Å². The fraction of sp³-hybridized carbons (Fsp3) is 0.471. The molecule has 24 heavy (non-hydrogen) atoms. The molecule has 2 heterocycles. The fourth-order valence-corrected chi connectivity index (χ4v) is 2.87. The van der Waals surface area contributed by atoms with E-state index >= 15 is 0 Å². The standard InChI is InChI=1S/C17H24N6O/c1-3-13-6-4-5-7-14(13)19-17-21-15(20-16(18)22-17)11-23-8-9-24-12(2)10-23/h4-7,12H,3,8-11H2,1-2H3,(H3,18,19,20,21,22)/t12-/m1/s1. The van der Waals surface area contributed by atoms with Crippen molar-refractivity contribution in [3.63, 3.8) is 0 Å². The van der Waals surface area contributed by atoms with Crippen LogP contribution in [0.1, 0.15) is 25.2 Å². The lowest BCUT2D eigenvalue weighted by atomic mass is 10.1. The van der Waals surface area contributed by atoms with Gasteiger partial charge in [0.25, 0.3) is 0 Å². The molecule has 1 aliphatic rings. The fourth-order valence-electron chi connectivity index (χ4n) is 2.87. The number of nitrogens with two attached hydrogens (primary N) is 1. The van der Waals surface area contributed by atoms with E-state index in [0.29, 0.717) is 18.3 Å². The number of para-hydroxylation sites is 1. The summed E-state index contributed by atoms with van der Waals surface area (Å²) in [5.41, 5.74) is 8.08. The van der Waals surface area contributed by atoms with Gasteiger partial charge in [0.15, 0.2) is 0 Å². The van der Waals surface area contributed by atoms with Crippen LogP contribution in [0.25, 0.3) is 0 Å². The van der Waals surface area contributed by atoms with Crippen molar-refractivity contribution in [1.29, 1.82) is 0 Å². The Morgan fingerprint density at radius 1 is 1.29 bits per heavy atom. The quantitative estimate of drug-likeness (QED) is 0.867. The molecule has 128 valence electrons. The minimum Gasteiger partial charge on any atom is -0.376 e. The highest BCUT2D eigenvalue weighted by molar-refractivity contribution is 5.58. The predicted molar refractivity (Wildman–Crippen MR) is 94.0 cm³/mol. The average Bonchev–Trinajstić information content (AvgIpc) is 2.55. The molecule has 1 fully saturated rings. The highest BCUT2D eigenvalue weighted by Gasteiger charge is 2.18. The molecule has 1 aromatic heterocycles. The third-order valence-corrected chi connectivity index (χ3v) is 4.03. The van der Waals surface area contributed by atoms with Crippen molar-refractivity contribution < 1.29 is 4.74 Å². The Kier molecular flexibility index (Phi) is 5.22. The van der Waals surface area contributed by atoms with Crippen molar-refractivity contribution in [2.24, 2.45) is 0 Å². The number of morpholine rings is 1. The SMILES string of the molecule is CCc1ccccc1Nc1nc(N)nc(CN2CCO[C@H](C)C2)n1. The van der Waals surface area contributed by atoms with Crippen LogP contribution >= 0.6 is 0 Å². The molecular formula is C17H24N6O. The number of anilines is 3. The molecule has 0 spiro atoms. The summed E-state index contributed by atoms with van der Waals surface area (Å²) in [6, 6.07) is 8.12. The first-order valence-electron chi connectivity index (χ1n) is 8.33. The van der Waals surface area contributed by atoms with E-state index < -0.39 is 0 Å². The summed E-state index contributed by atoms with van der Waals surface area (Å²) in [6.45, 7) is 7.31. The van der Waals surface area contributed by atoms with Crippen LogP contribution in [-0.4, -0.2) is 45.7 Å². The molecule has 7 nitrogen and oxygen atoms in total. The van der Waals surface area contributed by atoms with Gasteiger partial charge < -0.3 is 15.8 Å². The molecule has 1 saturated heterocycles. The number of rotatable bonds is 5. The molecule has 0 bridgehead atoms. The number of nitrogen functional groups attached to an aromatic ring is 1. The Hall–Kier alpha value is -2.25. The monoisotopic (exact) mass is 328 g/mol. The Morgan fingerprint density at radius 2 is 2.12 bits per heavy atom. The second-order valence-corrected chi connectivity index (χ2v) is 5.99. The molecule has 7 heteroatoms. The summed E-state index contributed by atoms with van der Waals surface area (Å²) >= 11 is 0. The van der Waals surface area contributed by atoms with E-state index in [0.717, 1.165) is 31.8 Å². The first-order valence-corrected chi connectivity index (χ1v) is 8.33. The number of hydrogen-bond acceptors (Lipinski definition) is 7. The molecule has 0 amide bonds. The van der Waals surface area contributed by atoms with Gasteiger partial charge in [0, 0.05) is 18.8 Å². The van der Waals surface area contributed by atoms with Gasteiger partial charge in [-0.1, -0.05) is 25.1 Å². The summed E-state index contributed by atoms with van der Waals surface area (Å²) in [5, 5.41) is 3.27. The molecule has 1 aliphatic heterocycles. The minimum atomic E-state index is 0.229. The van der Waals surface area contributed by atoms with Crippen molar-refractivity contribution >= 4 is 17.6 Å². The molecule has 2 aromatic rings. The van der Waals surface area contributed by atoms with E-state index in [1.54, 1.807) is 0 Å². The third kappa shape index (κ3) is 4.18. The number of ether oxygens (including phenoxy) is 1. The Balaban J connectivity index is 1.76. The van der Waals surface area contributed by atoms with E-state index in [4.69, 9.17) is 10.5 Å². The van der Waals surface area contributed by atoms with Crippen molar-refractivity contribution in [3.8, 4) is 0 Å². The molecule has 0 saturated carbocycles. The Bertz CT molecular complexity index is 693. The van der Waals surface area contributed by atoms with E-state index in [-0.39, 0.29) is 12.1 Å². The topological polar surface area (TPSA) is 89.2 Å². The van der Waals surface area contributed by atoms with E-state index in [1.807, 2.05) is 18.2 Å². The number of aryl methyl sites for hydroxylation is 1. The lowest BCUT2D eigenvalue weighted by Crippen LogP contribution is -2.40. The summed E-state index contributed by atoms with van der Waals surface area (Å²) in [4.78, 5) is 15.3. The van der Waals surface area contributed by atoms with Crippen LogP contribution in [0.4, 0.5) is 17.6 Å². The lowest BCUT2D eigenvalue weighted by molar-refractivity contribution is -0.0219. The summed E-state index contributed by atoms with van der Waals surface area (Å²) in [5.74, 6) is 1.39. The number of nitrogens with one attached hydrogen (secondary N) is 1. The molecule has 1 atom stereocenters. The van der Waals surface area contributed by atoms with Crippen LogP contribution < -0.4 is 11.1 Å². The van der Waals surface area contributed by atoms with Gasteiger partial charge in [-0.05, 0) is 25.0 Å². The highest BCUT2D eigenvalue weighted by Crippen LogP contribution is 2.19. The average molecular weight is 328 g/mol. The highest BCUT2D eigenvalue weighted by atomic mass is 16.5. The summed E-state index contributed by atoms with van der Waals surface area (Å²) in [6.07, 6.45) is 1.16. The maximum Gasteiger partial charge on any atom is 0.232 e. The van der Waals surface area contributed by atoms with Gasteiger partial charge in [0.05, 0.1) is 19.3 Å². The van der Waals surface area contributed by atoms with Crippen LogP contribution in [-0.2, 0) is 17.7 Å². The zero-order valence-corrected chi connectivity index (χ0v) is 14.2. The maximum atomic E-state index is 5.87. The maximum absolute atomic E-state index is 5.87. The lowest BCUT2D eigenvalue weighted by Gasteiger charge is -2.30. The van der Waals surface area contributed by atoms with Crippen molar-refractivity contribution in [2.75, 3.05) is 30.7 Å². The molecule has 0 radical (unpaired) electrons. The first-order chi connectivity index (χ1) is 11.6. The minimum absolute atomic E-state index is 0.229. The van der Waals surface area contributed by atoms with Crippen LogP contribution in [0, 0.1) is 0 Å². The molecular weight excluding hydrogens is 304 g/mol. The Morgan fingerprint density at radius 3 is 2.92 bits per heavy atom. The van der Waals surface area contributed by atoms with Gasteiger partial charge in [0.2, 0.25) is 11.9 Å². The number of benzene rings is 1. The molecule has 3 rings (SSSR count). The second-order valence-electron chi connectivity index (χ2n) is 5.99. The van der Waals surface area contributed by atoms with Crippen molar-refractivity contribution in [1.82, 2.24) is 19.9 Å². The normalized spacial score (nSPS) is 18.5. The largest absolute Gasteiger partial charge is 0.376 e. The van der Waals surface area contributed by atoms with Crippen LogP contribution in [0.3, 0.4) is 0 Å². The van der Waals surface area contributed by atoms with E-state index in [1.165, 1.54) is 5.56 Å². The zero-order chi connectivity index (χ0) is 16.9. The molecule has 3 N–H and O–H groups in total. The van der Waals surface area contributed by atoms with Crippen LogP contribution in [0.2, 0.25) is 0 Å². The van der Waals surface area contributed by atoms with Crippen LogP contribution in [0.5, 0.6) is 0 Å². The van der Waals surface area contributed by atoms with Gasteiger partial charge in [-0.15, -0.1) is 0 Å². The summed E-state index contributed by atoms with van der Waals surface area (Å²) in [7, 11) is 0. The smallest absolute Gasteiger partial charge is 0.232 e. The van der Waals surface area contributed by atoms with E-state index in [2.05, 4.69) is 45.1 Å². The van der Waals surface area contributed by atoms with Gasteiger partial charge in [-0.3, -0.25) is 4.90 Å². The molecule has 0 aliphatic carbocycles. The number of hydrogen-bond donors (Lipinski definition) is 2. The molecule has 0 unspecified atom stereocenters. The second kappa shape index (κ2) is 7.55. The Labute approximate surface area is 142 Å². The first kappa shape index (κ1) is 16.6. The molecule has 1 aromatic carbocycles. The van der Waals surface area contributed by atoms with Crippen LogP contribution in [0.15, 0.2) is 24.3 Å². The van der Waals surface area contributed by atoms with E-state index in [9.17, 15) is 0 Å². The van der Waals surface area contributed by atoms with Gasteiger partial charge in [-0.2, -0.15) is 15.0 Å². The predicted octanol–water partition coefficient (Wildman–Crippen LogP) is 1.98. The van der Waals surface area contributed by atoms with Gasteiger partial charge >= 0.3 is 0 Å². The third-order valence-electron chi connectivity index (χ3n) is 4.03.